The highest BCUT2D eigenvalue weighted by atomic mass is 19.1. The van der Waals surface area contributed by atoms with Gasteiger partial charge in [0, 0.05) is 6.54 Å². The van der Waals surface area contributed by atoms with Crippen LogP contribution in [-0.2, 0) is 22.6 Å². The number of rotatable bonds is 7. The van der Waals surface area contributed by atoms with E-state index in [1.165, 1.54) is 9.47 Å². The summed E-state index contributed by atoms with van der Waals surface area (Å²) in [7, 11) is 0. The first kappa shape index (κ1) is 22.9. The van der Waals surface area contributed by atoms with Gasteiger partial charge < -0.3 is 10.6 Å². The quantitative estimate of drug-likeness (QED) is 0.556. The van der Waals surface area contributed by atoms with Crippen LogP contribution in [-0.4, -0.2) is 45.7 Å². The summed E-state index contributed by atoms with van der Waals surface area (Å²) < 4.78 is 34.4. The highest BCUT2D eigenvalue weighted by molar-refractivity contribution is 5.82. The molecule has 2 aliphatic rings. The van der Waals surface area contributed by atoms with Crippen molar-refractivity contribution in [1.82, 2.24) is 14.6 Å². The molecular weight excluding hydrogens is 458 g/mol. The van der Waals surface area contributed by atoms with Crippen molar-refractivity contribution >= 4 is 11.8 Å². The summed E-state index contributed by atoms with van der Waals surface area (Å²) in [5.41, 5.74) is 8.30. The van der Waals surface area contributed by atoms with E-state index in [2.05, 4.69) is 5.16 Å². The first-order chi connectivity index (χ1) is 16.8. The van der Waals surface area contributed by atoms with E-state index in [-0.39, 0.29) is 37.7 Å². The van der Waals surface area contributed by atoms with Gasteiger partial charge in [0.05, 0.1) is 25.4 Å². The number of nitrogens with zero attached hydrogens (tertiary/aromatic N) is 3. The summed E-state index contributed by atoms with van der Waals surface area (Å²) in [5.74, 6) is -2.81. The maximum atomic E-state index is 14.4. The topological polar surface area (TPSA) is 111 Å². The van der Waals surface area contributed by atoms with Gasteiger partial charge in [0.2, 0.25) is 11.8 Å². The molecule has 3 aromatic rings. The summed E-state index contributed by atoms with van der Waals surface area (Å²) in [6.07, 6.45) is 0.258. The van der Waals surface area contributed by atoms with Crippen LogP contribution < -0.4 is 11.5 Å². The molecule has 2 fully saturated rings. The summed E-state index contributed by atoms with van der Waals surface area (Å²) in [6.45, 7) is -0.241. The van der Waals surface area contributed by atoms with Gasteiger partial charge in [-0.25, -0.2) is 13.6 Å². The van der Waals surface area contributed by atoms with Crippen molar-refractivity contribution in [3.63, 3.8) is 0 Å². The summed E-state index contributed by atoms with van der Waals surface area (Å²) in [5, 5.41) is 3.70. The summed E-state index contributed by atoms with van der Waals surface area (Å²) in [6, 6.07) is 12.6. The molecule has 1 saturated carbocycles. The van der Waals surface area contributed by atoms with E-state index < -0.39 is 29.7 Å². The smallest absolute Gasteiger partial charge is 0.369 e. The van der Waals surface area contributed by atoms with Crippen molar-refractivity contribution in [3.8, 4) is 11.1 Å². The molecule has 0 radical (unpaired) electrons. The Labute approximate surface area is 199 Å². The van der Waals surface area contributed by atoms with Crippen LogP contribution in [0.2, 0.25) is 0 Å². The van der Waals surface area contributed by atoms with Gasteiger partial charge in [-0.1, -0.05) is 41.6 Å². The number of nitrogens with two attached hydrogens (primary N) is 1. The fourth-order valence-electron chi connectivity index (χ4n) is 4.48. The lowest BCUT2D eigenvalue weighted by Crippen LogP contribution is -2.33. The summed E-state index contributed by atoms with van der Waals surface area (Å²) >= 11 is 0. The SMILES string of the molecule is NC(=O)C1CN(C(=O)Cc2noc(=O)n2Cc2ccc(-c3ccc(C4CC4)c(F)c3)cc2)CC1F. The minimum Gasteiger partial charge on any atom is -0.369 e. The molecule has 2 N–H and O–H groups in total. The maximum Gasteiger partial charge on any atom is 0.441 e. The number of carbonyl (C=O) groups is 2. The number of carbonyl (C=O) groups excluding carboxylic acids is 2. The van der Waals surface area contributed by atoms with Crippen LogP contribution in [0.5, 0.6) is 0 Å². The second-order valence-electron chi connectivity index (χ2n) is 9.16. The molecular formula is C25H24F2N4O4. The lowest BCUT2D eigenvalue weighted by atomic mass is 10.0. The summed E-state index contributed by atoms with van der Waals surface area (Å²) in [4.78, 5) is 37.4. The molecule has 10 heteroatoms. The number of primary amides is 1. The van der Waals surface area contributed by atoms with E-state index in [9.17, 15) is 23.2 Å². The lowest BCUT2D eigenvalue weighted by molar-refractivity contribution is -0.130. The monoisotopic (exact) mass is 482 g/mol. The van der Waals surface area contributed by atoms with Crippen molar-refractivity contribution in [3.05, 3.63) is 75.8 Å². The molecule has 35 heavy (non-hydrogen) atoms. The van der Waals surface area contributed by atoms with Crippen molar-refractivity contribution in [2.75, 3.05) is 13.1 Å². The average molecular weight is 482 g/mol. The highest BCUT2D eigenvalue weighted by Gasteiger charge is 2.39. The minimum atomic E-state index is -1.52. The molecule has 8 nitrogen and oxygen atoms in total. The van der Waals surface area contributed by atoms with Crippen LogP contribution >= 0.6 is 0 Å². The molecule has 2 atom stereocenters. The molecule has 0 spiro atoms. The number of halogens is 2. The van der Waals surface area contributed by atoms with E-state index >= 15 is 0 Å². The molecule has 182 valence electrons. The van der Waals surface area contributed by atoms with Crippen molar-refractivity contribution in [2.24, 2.45) is 11.7 Å². The number of hydrogen-bond donors (Lipinski definition) is 1. The van der Waals surface area contributed by atoms with Gasteiger partial charge in [-0.3, -0.25) is 18.7 Å². The van der Waals surface area contributed by atoms with Crippen molar-refractivity contribution in [2.45, 2.75) is 37.9 Å². The molecule has 1 aliphatic heterocycles. The van der Waals surface area contributed by atoms with Crippen molar-refractivity contribution < 1.29 is 22.9 Å². The third kappa shape index (κ3) is 4.73. The molecule has 2 unspecified atom stereocenters. The average Bonchev–Trinajstić information content (AvgIpc) is 3.52. The molecule has 2 heterocycles. The van der Waals surface area contributed by atoms with Gasteiger partial charge in [-0.05, 0) is 47.1 Å². The third-order valence-corrected chi connectivity index (χ3v) is 6.68. The van der Waals surface area contributed by atoms with Gasteiger partial charge in [0.1, 0.15) is 12.0 Å². The zero-order chi connectivity index (χ0) is 24.7. The molecule has 0 bridgehead atoms. The third-order valence-electron chi connectivity index (χ3n) is 6.68. The number of benzene rings is 2. The van der Waals surface area contributed by atoms with Crippen LogP contribution in [0.3, 0.4) is 0 Å². The van der Waals surface area contributed by atoms with Gasteiger partial charge in [-0.15, -0.1) is 0 Å². The van der Waals surface area contributed by atoms with E-state index in [1.54, 1.807) is 18.2 Å². The Morgan fingerprint density at radius 2 is 1.80 bits per heavy atom. The van der Waals surface area contributed by atoms with Crippen LogP contribution in [0.15, 0.2) is 51.8 Å². The fourth-order valence-corrected chi connectivity index (χ4v) is 4.48. The number of aromatic nitrogens is 2. The minimum absolute atomic E-state index is 0.0970. The molecule has 1 aromatic heterocycles. The Morgan fingerprint density at radius 1 is 1.09 bits per heavy atom. The standard InChI is InChI=1S/C25H24F2N4O4/c26-20-9-17(7-8-18(20)16-5-6-16)15-3-1-14(2-4-15)11-31-22(29-35-25(31)34)10-23(32)30-12-19(24(28)33)21(27)13-30/h1-4,7-9,16,19,21H,5-6,10-13H2,(H2,28,33). The van der Waals surface area contributed by atoms with E-state index in [4.69, 9.17) is 10.3 Å². The van der Waals surface area contributed by atoms with Crippen LogP contribution in [0.25, 0.3) is 11.1 Å². The van der Waals surface area contributed by atoms with Crippen LogP contribution in [0.4, 0.5) is 8.78 Å². The second kappa shape index (κ2) is 9.09. The second-order valence-corrected chi connectivity index (χ2v) is 9.16. The molecule has 1 saturated heterocycles. The molecule has 2 amide bonds. The van der Waals surface area contributed by atoms with Crippen LogP contribution in [0, 0.1) is 11.7 Å². The normalized spacial score (nSPS) is 19.8. The van der Waals surface area contributed by atoms with Crippen molar-refractivity contribution in [1.29, 1.82) is 0 Å². The van der Waals surface area contributed by atoms with Gasteiger partial charge in [0.25, 0.3) is 0 Å². The zero-order valence-corrected chi connectivity index (χ0v) is 18.8. The number of alkyl halides is 1. The Balaban J connectivity index is 1.28. The Kier molecular flexibility index (Phi) is 5.96. The van der Waals surface area contributed by atoms with Gasteiger partial charge >= 0.3 is 5.76 Å². The molecule has 2 aromatic carbocycles. The van der Waals surface area contributed by atoms with Crippen LogP contribution in [0.1, 0.15) is 35.7 Å². The predicted molar refractivity (Wildman–Crippen MR) is 122 cm³/mol. The first-order valence-corrected chi connectivity index (χ1v) is 11.5. The Hall–Kier alpha value is -3.82. The number of hydrogen-bond acceptors (Lipinski definition) is 5. The van der Waals surface area contributed by atoms with Gasteiger partial charge in [0.15, 0.2) is 5.82 Å². The highest BCUT2D eigenvalue weighted by Crippen LogP contribution is 2.42. The Morgan fingerprint density at radius 3 is 2.43 bits per heavy atom. The van der Waals surface area contributed by atoms with E-state index in [0.717, 1.165) is 35.1 Å². The van der Waals surface area contributed by atoms with E-state index in [1.807, 2.05) is 24.3 Å². The Bertz CT molecular complexity index is 1330. The lowest BCUT2D eigenvalue weighted by Gasteiger charge is -2.15. The number of amides is 2. The largest absolute Gasteiger partial charge is 0.441 e. The molecule has 5 rings (SSSR count). The zero-order valence-electron chi connectivity index (χ0n) is 18.8. The predicted octanol–water partition coefficient (Wildman–Crippen LogP) is 2.39. The first-order valence-electron chi connectivity index (χ1n) is 11.5. The maximum absolute atomic E-state index is 14.4. The molecule has 1 aliphatic carbocycles. The van der Waals surface area contributed by atoms with E-state index in [0.29, 0.717) is 5.92 Å². The fraction of sp³-hybridized carbons (Fsp3) is 0.360. The number of likely N-dealkylation sites (tertiary alicyclic amines) is 1. The van der Waals surface area contributed by atoms with Gasteiger partial charge in [-0.2, -0.15) is 0 Å².